The molecule has 4 aromatic rings. The number of nitrogens with zero attached hydrogens (tertiary/aromatic N) is 2. The van der Waals surface area contributed by atoms with E-state index in [2.05, 4.69) is 24.1 Å². The fraction of sp³-hybridized carbons (Fsp3) is 0.395. The van der Waals surface area contributed by atoms with Crippen LogP contribution in [0.2, 0.25) is 0 Å². The highest BCUT2D eigenvalue weighted by molar-refractivity contribution is 5.99. The summed E-state index contributed by atoms with van der Waals surface area (Å²) < 4.78 is 17.5. The van der Waals surface area contributed by atoms with Crippen molar-refractivity contribution >= 4 is 28.1 Å². The highest BCUT2D eigenvalue weighted by Crippen LogP contribution is 2.35. The number of carbonyl (C=O) groups excluding carboxylic acids is 1. The van der Waals surface area contributed by atoms with Crippen LogP contribution < -0.4 is 14.2 Å². The van der Waals surface area contributed by atoms with Gasteiger partial charge in [0.1, 0.15) is 17.2 Å². The van der Waals surface area contributed by atoms with Gasteiger partial charge in [-0.15, -0.1) is 5.11 Å². The molecule has 0 unspecified atom stereocenters. The van der Waals surface area contributed by atoms with Gasteiger partial charge in [0.2, 0.25) is 0 Å². The summed E-state index contributed by atoms with van der Waals surface area (Å²) in [4.78, 5) is 13.0. The summed E-state index contributed by atoms with van der Waals surface area (Å²) in [6.45, 7) is 5.83. The number of hydrogen-bond acceptors (Lipinski definition) is 6. The Morgan fingerprint density at radius 3 is 1.77 bits per heavy atom. The van der Waals surface area contributed by atoms with Crippen LogP contribution in [0, 0.1) is 0 Å². The van der Waals surface area contributed by atoms with Crippen LogP contribution in [-0.2, 0) is 0 Å². The fourth-order valence-electron chi connectivity index (χ4n) is 4.97. The molecule has 44 heavy (non-hydrogen) atoms. The zero-order chi connectivity index (χ0) is 30.8. The van der Waals surface area contributed by atoms with Crippen molar-refractivity contribution in [3.63, 3.8) is 0 Å². The summed E-state index contributed by atoms with van der Waals surface area (Å²) in [6, 6.07) is 26.1. The molecule has 6 heteroatoms. The molecular formula is C38H46N2O4. The third-order valence-electron chi connectivity index (χ3n) is 7.55. The van der Waals surface area contributed by atoms with Crippen LogP contribution in [0.4, 0.5) is 11.4 Å². The van der Waals surface area contributed by atoms with Crippen molar-refractivity contribution in [1.82, 2.24) is 0 Å². The summed E-state index contributed by atoms with van der Waals surface area (Å²) in [6.07, 6.45) is 13.5. The average molecular weight is 595 g/mol. The molecule has 0 fully saturated rings. The monoisotopic (exact) mass is 594 g/mol. The normalized spacial score (nSPS) is 11.2. The predicted molar refractivity (Wildman–Crippen MR) is 179 cm³/mol. The zero-order valence-electron chi connectivity index (χ0n) is 26.3. The molecule has 0 N–H and O–H groups in total. The number of esters is 1. The summed E-state index contributed by atoms with van der Waals surface area (Å²) in [5.74, 6) is 1.65. The van der Waals surface area contributed by atoms with Crippen molar-refractivity contribution in [2.75, 3.05) is 13.2 Å². The lowest BCUT2D eigenvalue weighted by atomic mass is 10.1. The Morgan fingerprint density at radius 2 is 1.11 bits per heavy atom. The van der Waals surface area contributed by atoms with Gasteiger partial charge in [-0.1, -0.05) is 95.9 Å². The maximum Gasteiger partial charge on any atom is 0.343 e. The van der Waals surface area contributed by atoms with E-state index >= 15 is 0 Å². The van der Waals surface area contributed by atoms with Gasteiger partial charge < -0.3 is 14.2 Å². The number of benzene rings is 4. The van der Waals surface area contributed by atoms with Crippen molar-refractivity contribution in [3.05, 3.63) is 90.5 Å². The first-order valence-electron chi connectivity index (χ1n) is 16.3. The number of ether oxygens (including phenoxy) is 3. The summed E-state index contributed by atoms with van der Waals surface area (Å²) >= 11 is 0. The number of rotatable bonds is 19. The van der Waals surface area contributed by atoms with Gasteiger partial charge >= 0.3 is 5.97 Å². The van der Waals surface area contributed by atoms with E-state index in [1.165, 1.54) is 57.8 Å². The number of carbonyl (C=O) groups is 1. The van der Waals surface area contributed by atoms with E-state index in [0.29, 0.717) is 23.6 Å². The molecule has 0 aliphatic carbocycles. The third-order valence-corrected chi connectivity index (χ3v) is 7.55. The second-order valence-electron chi connectivity index (χ2n) is 11.1. The summed E-state index contributed by atoms with van der Waals surface area (Å²) in [5.41, 5.74) is 1.89. The number of fused-ring (bicyclic) bond motifs is 1. The van der Waals surface area contributed by atoms with Crippen molar-refractivity contribution < 1.29 is 19.0 Å². The van der Waals surface area contributed by atoms with Gasteiger partial charge in [0, 0.05) is 10.8 Å². The molecule has 0 bridgehead atoms. The van der Waals surface area contributed by atoms with E-state index in [1.54, 1.807) is 18.2 Å². The van der Waals surface area contributed by atoms with Gasteiger partial charge in [0.05, 0.1) is 30.2 Å². The minimum atomic E-state index is -0.420. The van der Waals surface area contributed by atoms with E-state index in [-0.39, 0.29) is 0 Å². The largest absolute Gasteiger partial charge is 0.494 e. The highest BCUT2D eigenvalue weighted by Gasteiger charge is 2.13. The van der Waals surface area contributed by atoms with Crippen LogP contribution in [0.5, 0.6) is 17.2 Å². The van der Waals surface area contributed by atoms with Crippen molar-refractivity contribution in [1.29, 1.82) is 0 Å². The van der Waals surface area contributed by atoms with Gasteiger partial charge in [-0.25, -0.2) is 4.79 Å². The lowest BCUT2D eigenvalue weighted by Crippen LogP contribution is -2.08. The smallest absolute Gasteiger partial charge is 0.343 e. The molecule has 232 valence electrons. The lowest BCUT2D eigenvalue weighted by molar-refractivity contribution is 0.0737. The quantitative estimate of drug-likeness (QED) is 0.0468. The van der Waals surface area contributed by atoms with Crippen LogP contribution in [-0.4, -0.2) is 19.2 Å². The van der Waals surface area contributed by atoms with E-state index in [4.69, 9.17) is 14.2 Å². The standard InChI is InChI=1S/C38H46N2O4/c1-3-5-7-8-9-10-11-15-29-43-32-22-18-30(19-23-32)38(41)44-37-27-26-36(34-16-12-13-17-35(34)37)40-39-31-20-24-33(25-21-31)42-28-14-6-4-2/h12-13,16-27H,3-11,14-15,28-29H2,1-2H3. The Labute approximate surface area is 262 Å². The number of hydrogen-bond donors (Lipinski definition) is 0. The molecule has 0 aromatic heterocycles. The molecule has 0 aliphatic rings. The second-order valence-corrected chi connectivity index (χ2v) is 11.1. The molecule has 0 saturated heterocycles. The summed E-state index contributed by atoms with van der Waals surface area (Å²) in [7, 11) is 0. The Morgan fingerprint density at radius 1 is 0.568 bits per heavy atom. The maximum absolute atomic E-state index is 13.0. The Kier molecular flexibility index (Phi) is 13.7. The second kappa shape index (κ2) is 18.5. The van der Waals surface area contributed by atoms with Gasteiger partial charge in [-0.3, -0.25) is 0 Å². The van der Waals surface area contributed by atoms with Gasteiger partial charge in [0.15, 0.2) is 0 Å². The van der Waals surface area contributed by atoms with Gasteiger partial charge in [-0.2, -0.15) is 5.11 Å². The molecule has 0 aliphatic heterocycles. The SMILES string of the molecule is CCCCCCCCCCOc1ccc(C(=O)Oc2ccc(N=Nc3ccc(OCCCCC)cc3)c3ccccc23)cc1. The molecular weight excluding hydrogens is 548 g/mol. The van der Waals surface area contributed by atoms with E-state index in [1.807, 2.05) is 66.7 Å². The Hall–Kier alpha value is -4.19. The van der Waals surface area contributed by atoms with Crippen LogP contribution in [0.25, 0.3) is 10.8 Å². The van der Waals surface area contributed by atoms with E-state index < -0.39 is 5.97 Å². The van der Waals surface area contributed by atoms with Gasteiger partial charge in [-0.05, 0) is 73.5 Å². The van der Waals surface area contributed by atoms with E-state index in [0.717, 1.165) is 47.4 Å². The molecule has 0 heterocycles. The molecule has 0 radical (unpaired) electrons. The topological polar surface area (TPSA) is 69.5 Å². The van der Waals surface area contributed by atoms with Crippen LogP contribution in [0.1, 0.15) is 94.8 Å². The molecule has 4 rings (SSSR count). The zero-order valence-corrected chi connectivity index (χ0v) is 26.3. The minimum Gasteiger partial charge on any atom is -0.494 e. The average Bonchev–Trinajstić information content (AvgIpc) is 3.06. The molecule has 0 amide bonds. The van der Waals surface area contributed by atoms with E-state index in [9.17, 15) is 4.79 Å². The number of azo groups is 1. The van der Waals surface area contributed by atoms with Crippen LogP contribution in [0.3, 0.4) is 0 Å². The van der Waals surface area contributed by atoms with Crippen LogP contribution >= 0.6 is 0 Å². The minimum absolute atomic E-state index is 0.420. The third kappa shape index (κ3) is 10.5. The van der Waals surface area contributed by atoms with Crippen molar-refractivity contribution in [3.8, 4) is 17.2 Å². The molecule has 4 aromatic carbocycles. The van der Waals surface area contributed by atoms with Crippen LogP contribution in [0.15, 0.2) is 95.2 Å². The Bertz CT molecular complexity index is 1450. The lowest BCUT2D eigenvalue weighted by Gasteiger charge is -2.10. The first-order chi connectivity index (χ1) is 21.7. The first-order valence-corrected chi connectivity index (χ1v) is 16.3. The van der Waals surface area contributed by atoms with Crippen molar-refractivity contribution in [2.45, 2.75) is 84.5 Å². The molecule has 0 spiro atoms. The number of unbranched alkanes of at least 4 members (excludes halogenated alkanes) is 9. The van der Waals surface area contributed by atoms with Gasteiger partial charge in [0.25, 0.3) is 0 Å². The molecule has 6 nitrogen and oxygen atoms in total. The molecule has 0 saturated carbocycles. The van der Waals surface area contributed by atoms with Crippen molar-refractivity contribution in [2.24, 2.45) is 10.2 Å². The Balaban J connectivity index is 1.30. The summed E-state index contributed by atoms with van der Waals surface area (Å²) in [5, 5.41) is 10.6. The fourth-order valence-corrected chi connectivity index (χ4v) is 4.97. The predicted octanol–water partition coefficient (Wildman–Crippen LogP) is 11.6. The maximum atomic E-state index is 13.0. The highest BCUT2D eigenvalue weighted by atomic mass is 16.5. The molecule has 0 atom stereocenters. The first kappa shape index (κ1) is 32.7.